The lowest BCUT2D eigenvalue weighted by Gasteiger charge is -2.30. The maximum atomic E-state index is 13.3. The number of piperidine rings is 1. The van der Waals surface area contributed by atoms with Crippen molar-refractivity contribution in [3.05, 3.63) is 35.6 Å². The smallest absolute Gasteiger partial charge is 0.127 e. The molecule has 1 unspecified atom stereocenters. The van der Waals surface area contributed by atoms with E-state index in [-0.39, 0.29) is 5.82 Å². The molecule has 4 heteroatoms. The van der Waals surface area contributed by atoms with Gasteiger partial charge in [0.15, 0.2) is 0 Å². The van der Waals surface area contributed by atoms with Crippen LogP contribution < -0.4 is 5.32 Å². The first-order chi connectivity index (χ1) is 9.61. The number of nitrogens with one attached hydrogen (secondary N) is 1. The number of anilines is 1. The van der Waals surface area contributed by atoms with E-state index in [9.17, 15) is 4.39 Å². The van der Waals surface area contributed by atoms with Gasteiger partial charge in [0.2, 0.25) is 0 Å². The number of likely N-dealkylation sites (N-methyl/N-ethyl adjacent to an activating group) is 1. The van der Waals surface area contributed by atoms with Crippen LogP contribution in [-0.2, 0) is 0 Å². The topological polar surface area (TPSA) is 28.2 Å². The number of fused-ring (bicyclic) bond motifs is 1. The molecule has 1 atom stereocenters. The predicted octanol–water partition coefficient (Wildman–Crippen LogP) is 3.19. The van der Waals surface area contributed by atoms with Gasteiger partial charge in [0.25, 0.3) is 0 Å². The third kappa shape index (κ3) is 2.75. The number of aromatic nitrogens is 1. The molecule has 1 aromatic heterocycles. The molecule has 3 nitrogen and oxygen atoms in total. The summed E-state index contributed by atoms with van der Waals surface area (Å²) in [5, 5.41) is 4.40. The van der Waals surface area contributed by atoms with Gasteiger partial charge in [-0.15, -0.1) is 0 Å². The number of hydrogen-bond donors (Lipinski definition) is 1. The molecular formula is C16H20FN3. The van der Waals surface area contributed by atoms with Crippen LogP contribution in [0, 0.1) is 12.7 Å². The second-order valence-electron chi connectivity index (χ2n) is 5.73. The van der Waals surface area contributed by atoms with E-state index < -0.39 is 0 Å². The van der Waals surface area contributed by atoms with Crippen molar-refractivity contribution in [3.63, 3.8) is 0 Å². The Labute approximate surface area is 118 Å². The molecule has 1 saturated heterocycles. The van der Waals surface area contributed by atoms with Gasteiger partial charge in [0.05, 0.1) is 5.52 Å². The summed E-state index contributed by atoms with van der Waals surface area (Å²) in [7, 11) is 2.15. The number of hydrogen-bond acceptors (Lipinski definition) is 3. The fourth-order valence-electron chi connectivity index (χ4n) is 2.93. The number of pyridine rings is 1. The van der Waals surface area contributed by atoms with Crippen LogP contribution in [0.2, 0.25) is 0 Å². The lowest BCUT2D eigenvalue weighted by atomic mass is 10.1. The summed E-state index contributed by atoms with van der Waals surface area (Å²) in [5.41, 5.74) is 1.90. The van der Waals surface area contributed by atoms with Gasteiger partial charge in [0, 0.05) is 18.0 Å². The monoisotopic (exact) mass is 273 g/mol. The summed E-state index contributed by atoms with van der Waals surface area (Å²) < 4.78 is 13.3. The fraction of sp³-hybridized carbons (Fsp3) is 0.438. The SMILES string of the molecule is Cc1cc(NC2CCCN(C)C2)nc2ccc(F)cc12. The zero-order valence-corrected chi connectivity index (χ0v) is 12.0. The molecular weight excluding hydrogens is 253 g/mol. The van der Waals surface area contributed by atoms with Crippen molar-refractivity contribution < 1.29 is 4.39 Å². The van der Waals surface area contributed by atoms with E-state index in [0.717, 1.165) is 28.8 Å². The van der Waals surface area contributed by atoms with Crippen LogP contribution in [0.4, 0.5) is 10.2 Å². The molecule has 0 radical (unpaired) electrons. The molecule has 2 aromatic rings. The highest BCUT2D eigenvalue weighted by atomic mass is 19.1. The van der Waals surface area contributed by atoms with Gasteiger partial charge in [-0.3, -0.25) is 0 Å². The number of halogens is 1. The van der Waals surface area contributed by atoms with Gasteiger partial charge in [-0.05, 0) is 63.2 Å². The average molecular weight is 273 g/mol. The Bertz CT molecular complexity index is 626. The van der Waals surface area contributed by atoms with Crippen LogP contribution in [0.1, 0.15) is 18.4 Å². The summed E-state index contributed by atoms with van der Waals surface area (Å²) in [4.78, 5) is 6.94. The Morgan fingerprint density at radius 1 is 1.35 bits per heavy atom. The van der Waals surface area contributed by atoms with Crippen molar-refractivity contribution in [1.82, 2.24) is 9.88 Å². The van der Waals surface area contributed by atoms with Gasteiger partial charge in [-0.1, -0.05) is 0 Å². The van der Waals surface area contributed by atoms with E-state index in [4.69, 9.17) is 0 Å². The molecule has 3 rings (SSSR count). The van der Waals surface area contributed by atoms with Gasteiger partial charge < -0.3 is 10.2 Å². The molecule has 1 aromatic carbocycles. The number of rotatable bonds is 2. The van der Waals surface area contributed by atoms with E-state index in [1.807, 2.05) is 13.0 Å². The molecule has 0 bridgehead atoms. The lowest BCUT2D eigenvalue weighted by molar-refractivity contribution is 0.261. The number of likely N-dealkylation sites (tertiary alicyclic amines) is 1. The molecule has 0 amide bonds. The Balaban J connectivity index is 1.87. The van der Waals surface area contributed by atoms with Crippen LogP contribution in [-0.4, -0.2) is 36.1 Å². The van der Waals surface area contributed by atoms with Crippen LogP contribution in [0.25, 0.3) is 10.9 Å². The molecule has 1 N–H and O–H groups in total. The normalized spacial score (nSPS) is 20.2. The number of benzene rings is 1. The lowest BCUT2D eigenvalue weighted by Crippen LogP contribution is -2.39. The Morgan fingerprint density at radius 2 is 2.20 bits per heavy atom. The van der Waals surface area contributed by atoms with E-state index >= 15 is 0 Å². The number of nitrogens with zero attached hydrogens (tertiary/aromatic N) is 2. The summed E-state index contributed by atoms with van der Waals surface area (Å²) in [5.74, 6) is 0.680. The van der Waals surface area contributed by atoms with Crippen LogP contribution in [0.5, 0.6) is 0 Å². The minimum Gasteiger partial charge on any atom is -0.366 e. The molecule has 20 heavy (non-hydrogen) atoms. The van der Waals surface area contributed by atoms with E-state index in [1.54, 1.807) is 12.1 Å². The highest BCUT2D eigenvalue weighted by molar-refractivity contribution is 5.83. The van der Waals surface area contributed by atoms with E-state index in [0.29, 0.717) is 6.04 Å². The highest BCUT2D eigenvalue weighted by Gasteiger charge is 2.17. The van der Waals surface area contributed by atoms with Gasteiger partial charge in [-0.25, -0.2) is 9.37 Å². The Kier molecular flexibility index (Phi) is 3.57. The van der Waals surface area contributed by atoms with Crippen molar-refractivity contribution >= 4 is 16.7 Å². The van der Waals surface area contributed by atoms with Crippen LogP contribution in [0.3, 0.4) is 0 Å². The van der Waals surface area contributed by atoms with Crippen molar-refractivity contribution in [3.8, 4) is 0 Å². The van der Waals surface area contributed by atoms with E-state index in [1.165, 1.54) is 25.5 Å². The van der Waals surface area contributed by atoms with Gasteiger partial charge in [-0.2, -0.15) is 0 Å². The second-order valence-corrected chi connectivity index (χ2v) is 5.73. The molecule has 1 aliphatic heterocycles. The van der Waals surface area contributed by atoms with Crippen LogP contribution >= 0.6 is 0 Å². The zero-order chi connectivity index (χ0) is 14.1. The van der Waals surface area contributed by atoms with Crippen molar-refractivity contribution in [2.75, 3.05) is 25.5 Å². The molecule has 0 saturated carbocycles. The third-order valence-corrected chi connectivity index (χ3v) is 3.95. The molecule has 0 aliphatic carbocycles. The van der Waals surface area contributed by atoms with Crippen molar-refractivity contribution in [2.24, 2.45) is 0 Å². The van der Waals surface area contributed by atoms with Crippen molar-refractivity contribution in [1.29, 1.82) is 0 Å². The standard InChI is InChI=1S/C16H20FN3/c1-11-8-16(18-13-4-3-7-20(2)10-13)19-15-6-5-12(17)9-14(11)15/h5-6,8-9,13H,3-4,7,10H2,1-2H3,(H,18,19). The highest BCUT2D eigenvalue weighted by Crippen LogP contribution is 2.22. The minimum absolute atomic E-state index is 0.211. The third-order valence-electron chi connectivity index (χ3n) is 3.95. The summed E-state index contributed by atoms with van der Waals surface area (Å²) >= 11 is 0. The van der Waals surface area contributed by atoms with Crippen LogP contribution in [0.15, 0.2) is 24.3 Å². The first-order valence-electron chi connectivity index (χ1n) is 7.14. The Morgan fingerprint density at radius 3 is 3.00 bits per heavy atom. The fourth-order valence-corrected chi connectivity index (χ4v) is 2.93. The summed E-state index contributed by atoms with van der Waals surface area (Å²) in [6.07, 6.45) is 2.39. The van der Waals surface area contributed by atoms with Gasteiger partial charge in [0.1, 0.15) is 11.6 Å². The molecule has 2 heterocycles. The molecule has 1 fully saturated rings. The first-order valence-corrected chi connectivity index (χ1v) is 7.14. The maximum Gasteiger partial charge on any atom is 0.127 e. The summed E-state index contributed by atoms with van der Waals surface area (Å²) in [6, 6.07) is 7.22. The average Bonchev–Trinajstić information content (AvgIpc) is 2.40. The van der Waals surface area contributed by atoms with Crippen molar-refractivity contribution in [2.45, 2.75) is 25.8 Å². The first kappa shape index (κ1) is 13.3. The number of aryl methyl sites for hydroxylation is 1. The zero-order valence-electron chi connectivity index (χ0n) is 12.0. The molecule has 106 valence electrons. The maximum absolute atomic E-state index is 13.3. The molecule has 1 aliphatic rings. The largest absolute Gasteiger partial charge is 0.366 e. The predicted molar refractivity (Wildman–Crippen MR) is 80.6 cm³/mol. The quantitative estimate of drug-likeness (QED) is 0.911. The second kappa shape index (κ2) is 5.37. The van der Waals surface area contributed by atoms with E-state index in [2.05, 4.69) is 22.2 Å². The van der Waals surface area contributed by atoms with Gasteiger partial charge >= 0.3 is 0 Å². The summed E-state index contributed by atoms with van der Waals surface area (Å²) in [6.45, 7) is 4.21. The Hall–Kier alpha value is -1.68. The minimum atomic E-state index is -0.211. The molecule has 0 spiro atoms.